The van der Waals surface area contributed by atoms with Crippen molar-refractivity contribution >= 4 is 11.8 Å². The molecule has 0 bridgehead atoms. The maximum Gasteiger partial charge on any atom is 0.225 e. The van der Waals surface area contributed by atoms with Gasteiger partial charge in [0.05, 0.1) is 6.04 Å². The van der Waals surface area contributed by atoms with Crippen molar-refractivity contribution in [1.82, 2.24) is 10.2 Å². The highest BCUT2D eigenvalue weighted by Crippen LogP contribution is 2.42. The minimum Gasteiger partial charge on any atom is -0.355 e. The van der Waals surface area contributed by atoms with Crippen LogP contribution in [0.15, 0.2) is 30.3 Å². The fourth-order valence-corrected chi connectivity index (χ4v) is 4.05. The normalized spacial score (nSPS) is 24.8. The average Bonchev–Trinajstić information content (AvgIpc) is 2.78. The Bertz CT molecular complexity index is 607. The van der Waals surface area contributed by atoms with Gasteiger partial charge in [-0.2, -0.15) is 0 Å². The smallest absolute Gasteiger partial charge is 0.225 e. The summed E-state index contributed by atoms with van der Waals surface area (Å²) in [6, 6.07) is 10.2. The molecule has 4 heteroatoms. The molecule has 0 spiro atoms. The fourth-order valence-electron chi connectivity index (χ4n) is 4.05. The summed E-state index contributed by atoms with van der Waals surface area (Å²) in [7, 11) is 1.86. The minimum atomic E-state index is -0.311. The van der Waals surface area contributed by atoms with Crippen LogP contribution in [-0.4, -0.2) is 30.3 Å². The van der Waals surface area contributed by atoms with Crippen molar-refractivity contribution in [3.8, 4) is 0 Å². The first-order valence-electron chi connectivity index (χ1n) is 9.00. The Morgan fingerprint density at radius 1 is 1.25 bits per heavy atom. The van der Waals surface area contributed by atoms with Crippen molar-refractivity contribution in [2.24, 2.45) is 17.3 Å². The number of rotatable bonds is 5. The lowest BCUT2D eigenvalue weighted by Gasteiger charge is -2.39. The first-order valence-corrected chi connectivity index (χ1v) is 9.00. The number of carbonyl (C=O) groups is 2. The molecule has 1 aromatic rings. The third kappa shape index (κ3) is 3.06. The van der Waals surface area contributed by atoms with Crippen LogP contribution in [0.2, 0.25) is 0 Å². The Balaban J connectivity index is 1.67. The van der Waals surface area contributed by atoms with E-state index in [1.807, 2.05) is 44.0 Å². The molecule has 0 radical (unpaired) electrons. The third-order valence-electron chi connectivity index (χ3n) is 6.07. The van der Waals surface area contributed by atoms with Crippen LogP contribution in [0, 0.1) is 17.3 Å². The third-order valence-corrected chi connectivity index (χ3v) is 6.07. The molecule has 4 nitrogen and oxygen atoms in total. The number of likely N-dealkylation sites (tertiary alicyclic amines) is 1. The number of hydrogen-bond acceptors (Lipinski definition) is 2. The molecule has 1 saturated heterocycles. The van der Waals surface area contributed by atoms with E-state index in [1.165, 1.54) is 6.42 Å². The lowest BCUT2D eigenvalue weighted by molar-refractivity contribution is -0.134. The van der Waals surface area contributed by atoms with E-state index >= 15 is 0 Å². The SMILES string of the molecule is CN1C(=O)C[C@@H](CNC(=O)C(C)(C)C2CCC2)[C@@H]1c1ccccc1. The van der Waals surface area contributed by atoms with Crippen molar-refractivity contribution in [1.29, 1.82) is 0 Å². The van der Waals surface area contributed by atoms with Gasteiger partial charge in [-0.15, -0.1) is 0 Å². The molecule has 2 atom stereocenters. The van der Waals surface area contributed by atoms with E-state index in [4.69, 9.17) is 0 Å². The number of hydrogen-bond donors (Lipinski definition) is 1. The van der Waals surface area contributed by atoms with E-state index in [0.29, 0.717) is 18.9 Å². The summed E-state index contributed by atoms with van der Waals surface area (Å²) in [6.07, 6.45) is 4.04. The Kier molecular flexibility index (Phi) is 4.66. The average molecular weight is 328 g/mol. The summed E-state index contributed by atoms with van der Waals surface area (Å²) in [4.78, 5) is 26.7. The number of benzene rings is 1. The molecule has 1 aliphatic heterocycles. The van der Waals surface area contributed by atoms with E-state index in [2.05, 4.69) is 17.4 Å². The summed E-state index contributed by atoms with van der Waals surface area (Å²) in [5, 5.41) is 3.14. The lowest BCUT2D eigenvalue weighted by Crippen LogP contribution is -2.45. The van der Waals surface area contributed by atoms with Gasteiger partial charge in [-0.3, -0.25) is 9.59 Å². The summed E-state index contributed by atoms with van der Waals surface area (Å²) in [6.45, 7) is 4.66. The van der Waals surface area contributed by atoms with E-state index in [1.54, 1.807) is 0 Å². The van der Waals surface area contributed by atoms with Gasteiger partial charge in [-0.05, 0) is 24.3 Å². The second-order valence-electron chi connectivity index (χ2n) is 7.88. The monoisotopic (exact) mass is 328 g/mol. The van der Waals surface area contributed by atoms with Gasteiger partial charge < -0.3 is 10.2 Å². The summed E-state index contributed by atoms with van der Waals surface area (Å²) in [5.41, 5.74) is 0.831. The highest BCUT2D eigenvalue weighted by molar-refractivity contribution is 5.83. The maximum atomic E-state index is 12.7. The molecule has 3 rings (SSSR count). The molecule has 2 aliphatic rings. The second kappa shape index (κ2) is 6.58. The zero-order valence-corrected chi connectivity index (χ0v) is 14.9. The highest BCUT2D eigenvalue weighted by atomic mass is 16.2. The van der Waals surface area contributed by atoms with Crippen molar-refractivity contribution in [3.63, 3.8) is 0 Å². The van der Waals surface area contributed by atoms with Gasteiger partial charge in [0.15, 0.2) is 0 Å². The van der Waals surface area contributed by atoms with Crippen molar-refractivity contribution in [2.45, 2.75) is 45.6 Å². The standard InChI is InChI=1S/C20H28N2O2/c1-20(2,16-10-7-11-16)19(24)21-13-15-12-17(23)22(3)18(15)14-8-5-4-6-9-14/h4-6,8-9,15-16,18H,7,10-13H2,1-3H3,(H,21,24)/t15-,18-/m0/s1. The summed E-state index contributed by atoms with van der Waals surface area (Å²) < 4.78 is 0. The first-order chi connectivity index (χ1) is 11.4. The molecule has 0 aromatic heterocycles. The van der Waals surface area contributed by atoms with Gasteiger partial charge in [-0.1, -0.05) is 50.6 Å². The first kappa shape index (κ1) is 17.0. The van der Waals surface area contributed by atoms with Gasteiger partial charge in [-0.25, -0.2) is 0 Å². The van der Waals surface area contributed by atoms with Crippen LogP contribution in [0.4, 0.5) is 0 Å². The van der Waals surface area contributed by atoms with Gasteiger partial charge >= 0.3 is 0 Å². The molecule has 1 aromatic carbocycles. The van der Waals surface area contributed by atoms with Gasteiger partial charge in [0.1, 0.15) is 0 Å². The van der Waals surface area contributed by atoms with Crippen molar-refractivity contribution in [2.75, 3.05) is 13.6 Å². The molecule has 1 aliphatic carbocycles. The Hall–Kier alpha value is -1.84. The largest absolute Gasteiger partial charge is 0.355 e. The van der Waals surface area contributed by atoms with Crippen LogP contribution in [-0.2, 0) is 9.59 Å². The number of amides is 2. The molecular formula is C20H28N2O2. The fraction of sp³-hybridized carbons (Fsp3) is 0.600. The van der Waals surface area contributed by atoms with E-state index in [9.17, 15) is 9.59 Å². The molecular weight excluding hydrogens is 300 g/mol. The second-order valence-corrected chi connectivity index (χ2v) is 7.88. The molecule has 2 amide bonds. The quantitative estimate of drug-likeness (QED) is 0.903. The van der Waals surface area contributed by atoms with E-state index in [0.717, 1.165) is 18.4 Å². The Morgan fingerprint density at radius 2 is 1.92 bits per heavy atom. The predicted molar refractivity (Wildman–Crippen MR) is 94.2 cm³/mol. The number of nitrogens with one attached hydrogen (secondary N) is 1. The lowest BCUT2D eigenvalue weighted by atomic mass is 9.67. The molecule has 24 heavy (non-hydrogen) atoms. The highest BCUT2D eigenvalue weighted by Gasteiger charge is 2.42. The van der Waals surface area contributed by atoms with Crippen molar-refractivity contribution in [3.05, 3.63) is 35.9 Å². The van der Waals surface area contributed by atoms with Crippen LogP contribution < -0.4 is 5.32 Å². The van der Waals surface area contributed by atoms with E-state index < -0.39 is 0 Å². The molecule has 0 unspecified atom stereocenters. The number of nitrogens with zero attached hydrogens (tertiary/aromatic N) is 1. The van der Waals surface area contributed by atoms with Crippen molar-refractivity contribution < 1.29 is 9.59 Å². The summed E-state index contributed by atoms with van der Waals surface area (Å²) >= 11 is 0. The van der Waals surface area contributed by atoms with Crippen LogP contribution in [0.5, 0.6) is 0 Å². The predicted octanol–water partition coefficient (Wildman–Crippen LogP) is 3.15. The Morgan fingerprint density at radius 3 is 2.50 bits per heavy atom. The Labute approximate surface area is 144 Å². The zero-order chi connectivity index (χ0) is 17.3. The van der Waals surface area contributed by atoms with Crippen LogP contribution in [0.1, 0.15) is 51.1 Å². The van der Waals surface area contributed by atoms with Gasteiger partial charge in [0, 0.05) is 31.3 Å². The maximum absolute atomic E-state index is 12.7. The zero-order valence-electron chi connectivity index (χ0n) is 14.9. The van der Waals surface area contributed by atoms with Crippen LogP contribution in [0.25, 0.3) is 0 Å². The van der Waals surface area contributed by atoms with E-state index in [-0.39, 0.29) is 29.2 Å². The van der Waals surface area contributed by atoms with Gasteiger partial charge in [0.25, 0.3) is 0 Å². The number of carbonyl (C=O) groups excluding carboxylic acids is 2. The molecule has 1 heterocycles. The van der Waals surface area contributed by atoms with Crippen LogP contribution >= 0.6 is 0 Å². The van der Waals surface area contributed by atoms with Gasteiger partial charge in [0.2, 0.25) is 11.8 Å². The molecule has 1 N–H and O–H groups in total. The molecule has 130 valence electrons. The summed E-state index contributed by atoms with van der Waals surface area (Å²) in [5.74, 6) is 0.906. The van der Waals surface area contributed by atoms with Crippen LogP contribution in [0.3, 0.4) is 0 Å². The topological polar surface area (TPSA) is 49.4 Å². The molecule has 1 saturated carbocycles. The molecule has 2 fully saturated rings. The minimum absolute atomic E-state index is 0.0471.